The van der Waals surface area contributed by atoms with Crippen LogP contribution in [0.2, 0.25) is 0 Å². The summed E-state index contributed by atoms with van der Waals surface area (Å²) in [5.41, 5.74) is 0.388. The van der Waals surface area contributed by atoms with Gasteiger partial charge in [-0.15, -0.1) is 0 Å². The molecular formula is C40H60N4O7. The molecule has 51 heavy (non-hydrogen) atoms. The van der Waals surface area contributed by atoms with Crippen LogP contribution in [0.4, 0.5) is 4.79 Å². The Morgan fingerprint density at radius 3 is 1.39 bits per heavy atom. The molecule has 0 aromatic heterocycles. The number of esters is 1. The van der Waals surface area contributed by atoms with E-state index in [-0.39, 0.29) is 77.6 Å². The average Bonchev–Trinajstić information content (AvgIpc) is 3.93. The number of nitrogens with one attached hydrogen (secondary N) is 4. The predicted molar refractivity (Wildman–Crippen MR) is 193 cm³/mol. The van der Waals surface area contributed by atoms with Gasteiger partial charge in [0.1, 0.15) is 12.2 Å². The fourth-order valence-electron chi connectivity index (χ4n) is 8.92. The fraction of sp³-hybridized carbons (Fsp3) is 0.725. The lowest BCUT2D eigenvalue weighted by atomic mass is 9.91. The van der Waals surface area contributed by atoms with Crippen molar-refractivity contribution in [3.05, 3.63) is 35.9 Å². The zero-order valence-corrected chi connectivity index (χ0v) is 30.9. The van der Waals surface area contributed by atoms with Gasteiger partial charge in [-0.05, 0) is 101 Å². The van der Waals surface area contributed by atoms with E-state index in [9.17, 15) is 24.0 Å². The molecule has 282 valence electrons. The Morgan fingerprint density at radius 1 is 0.569 bits per heavy atom. The molecule has 4 N–H and O–H groups in total. The van der Waals surface area contributed by atoms with E-state index >= 15 is 0 Å². The topological polar surface area (TPSA) is 152 Å². The van der Waals surface area contributed by atoms with Gasteiger partial charge in [-0.25, -0.2) is 4.79 Å². The maximum absolute atomic E-state index is 13.4. The summed E-state index contributed by atoms with van der Waals surface area (Å²) in [5.74, 6) is -0.519. The molecule has 0 unspecified atom stereocenters. The third kappa shape index (κ3) is 11.2. The minimum Gasteiger partial charge on any atom is -0.461 e. The molecule has 1 aromatic carbocycles. The highest BCUT2D eigenvalue weighted by Gasteiger charge is 2.39. The quantitative estimate of drug-likeness (QED) is 0.192. The number of carbonyl (C=O) groups excluding carboxylic acids is 5. The average molecular weight is 709 g/mol. The van der Waals surface area contributed by atoms with E-state index in [1.165, 1.54) is 0 Å². The molecule has 0 saturated heterocycles. The largest absolute Gasteiger partial charge is 0.461 e. The van der Waals surface area contributed by atoms with Gasteiger partial charge in [-0.1, -0.05) is 56.0 Å². The molecule has 5 rings (SSSR count). The van der Waals surface area contributed by atoms with Crippen molar-refractivity contribution in [2.24, 2.45) is 47.3 Å². The van der Waals surface area contributed by atoms with Crippen LogP contribution in [0.25, 0.3) is 0 Å². The van der Waals surface area contributed by atoms with E-state index in [0.29, 0.717) is 26.2 Å². The highest BCUT2D eigenvalue weighted by atomic mass is 16.6. The molecule has 0 radical (unpaired) electrons. The van der Waals surface area contributed by atoms with Gasteiger partial charge in [0.05, 0.1) is 5.92 Å². The summed E-state index contributed by atoms with van der Waals surface area (Å²) in [5, 5.41) is 12.3. The number of hydrogen-bond donors (Lipinski definition) is 4. The first-order chi connectivity index (χ1) is 24.5. The van der Waals surface area contributed by atoms with Gasteiger partial charge in [-0.3, -0.25) is 19.2 Å². The minimum absolute atomic E-state index is 0.00218. The highest BCUT2D eigenvalue weighted by Crippen LogP contribution is 2.36. The Balaban J connectivity index is 1.02. The van der Waals surface area contributed by atoms with Crippen LogP contribution in [-0.2, 0) is 35.3 Å². The molecule has 1 aromatic rings. The van der Waals surface area contributed by atoms with Crippen LogP contribution in [0.15, 0.2) is 30.3 Å². The second-order valence-corrected chi connectivity index (χ2v) is 16.4. The first-order valence-electron chi connectivity index (χ1n) is 19.5. The molecule has 11 heteroatoms. The third-order valence-electron chi connectivity index (χ3n) is 11.7. The standard InChI is InChI=1S/C40H60N4O7/c1-40(2,3)51-39(49)44-24-29-15-9-19-33(29)37(47)42-22-27-13-7-17-31(27)35(45)41-21-28-14-8-18-32(28)36(46)43-23-30-16-10-20-34(30)38(48)50-25-26-11-5-4-6-12-26/h4-6,11-12,27-34H,7-10,13-25H2,1-3H3,(H,41,45)(H,42,47)(H,43,46)(H,44,49)/t27-,28-,29-,30-,31+,32+,33+,34+/m0/s1. The maximum atomic E-state index is 13.4. The van der Waals surface area contributed by atoms with Crippen molar-refractivity contribution in [1.82, 2.24) is 21.3 Å². The molecule has 0 heterocycles. The molecule has 8 atom stereocenters. The van der Waals surface area contributed by atoms with E-state index < -0.39 is 11.7 Å². The normalized spacial score (nSPS) is 28.9. The smallest absolute Gasteiger partial charge is 0.407 e. The Hall–Kier alpha value is -3.63. The summed E-state index contributed by atoms with van der Waals surface area (Å²) in [6.07, 6.45) is 10.1. The van der Waals surface area contributed by atoms with Crippen LogP contribution in [0.5, 0.6) is 0 Å². The van der Waals surface area contributed by atoms with E-state index in [0.717, 1.165) is 82.6 Å². The molecule has 4 aliphatic carbocycles. The van der Waals surface area contributed by atoms with E-state index in [2.05, 4.69) is 21.3 Å². The van der Waals surface area contributed by atoms with Crippen LogP contribution in [0.3, 0.4) is 0 Å². The Morgan fingerprint density at radius 2 is 0.961 bits per heavy atom. The lowest BCUT2D eigenvalue weighted by Crippen LogP contribution is -2.43. The van der Waals surface area contributed by atoms with Gasteiger partial charge in [-0.2, -0.15) is 0 Å². The SMILES string of the molecule is CC(C)(C)OC(=O)NC[C@@H]1CCC[C@H]1C(=O)NC[C@@H]1CCC[C@H]1C(=O)NC[C@@H]1CCC[C@H]1C(=O)NC[C@@H]1CCC[C@H]1C(=O)OCc1ccccc1. The third-order valence-corrected chi connectivity index (χ3v) is 11.7. The van der Waals surface area contributed by atoms with E-state index in [1.807, 2.05) is 51.1 Å². The first kappa shape index (κ1) is 38.6. The molecule has 11 nitrogen and oxygen atoms in total. The number of benzene rings is 1. The number of ether oxygens (including phenoxy) is 2. The molecule has 4 fully saturated rings. The second-order valence-electron chi connectivity index (χ2n) is 16.4. The first-order valence-corrected chi connectivity index (χ1v) is 19.5. The number of amides is 4. The molecule has 0 bridgehead atoms. The fourth-order valence-corrected chi connectivity index (χ4v) is 8.92. The molecule has 0 spiro atoms. The van der Waals surface area contributed by atoms with Crippen molar-refractivity contribution in [3.8, 4) is 0 Å². The van der Waals surface area contributed by atoms with Crippen molar-refractivity contribution < 1.29 is 33.4 Å². The van der Waals surface area contributed by atoms with Crippen molar-refractivity contribution in [3.63, 3.8) is 0 Å². The summed E-state index contributed by atoms with van der Waals surface area (Å²) >= 11 is 0. The molecular weight excluding hydrogens is 648 g/mol. The van der Waals surface area contributed by atoms with Crippen molar-refractivity contribution >= 4 is 29.8 Å². The van der Waals surface area contributed by atoms with Gasteiger partial charge in [0.25, 0.3) is 0 Å². The molecule has 4 saturated carbocycles. The van der Waals surface area contributed by atoms with Crippen LogP contribution in [0, 0.1) is 47.3 Å². The summed E-state index contributed by atoms with van der Waals surface area (Å²) in [7, 11) is 0. The highest BCUT2D eigenvalue weighted by molar-refractivity contribution is 5.82. The summed E-state index contributed by atoms with van der Waals surface area (Å²) < 4.78 is 11.0. The van der Waals surface area contributed by atoms with Crippen LogP contribution in [0.1, 0.15) is 103 Å². The zero-order valence-electron chi connectivity index (χ0n) is 30.9. The van der Waals surface area contributed by atoms with E-state index in [1.54, 1.807) is 0 Å². The number of rotatable bonds is 14. The minimum atomic E-state index is -0.573. The summed E-state index contributed by atoms with van der Waals surface area (Å²) in [6, 6.07) is 9.67. The Kier molecular flexibility index (Phi) is 13.8. The van der Waals surface area contributed by atoms with E-state index in [4.69, 9.17) is 9.47 Å². The van der Waals surface area contributed by atoms with Gasteiger partial charge in [0.15, 0.2) is 0 Å². The molecule has 4 aliphatic rings. The predicted octanol–water partition coefficient (Wildman–Crippen LogP) is 5.27. The summed E-state index contributed by atoms with van der Waals surface area (Å²) in [4.78, 5) is 65.0. The Bertz CT molecular complexity index is 1350. The number of carbonyl (C=O) groups is 5. The monoisotopic (exact) mass is 708 g/mol. The van der Waals surface area contributed by atoms with Crippen molar-refractivity contribution in [2.75, 3.05) is 26.2 Å². The summed E-state index contributed by atoms with van der Waals surface area (Å²) in [6.45, 7) is 7.55. The lowest BCUT2D eigenvalue weighted by Gasteiger charge is -2.25. The van der Waals surface area contributed by atoms with Gasteiger partial charge in [0.2, 0.25) is 17.7 Å². The number of hydrogen-bond acceptors (Lipinski definition) is 7. The number of alkyl carbamates (subject to hydrolysis) is 1. The maximum Gasteiger partial charge on any atom is 0.407 e. The van der Waals surface area contributed by atoms with Gasteiger partial charge >= 0.3 is 12.1 Å². The van der Waals surface area contributed by atoms with Gasteiger partial charge in [0, 0.05) is 43.9 Å². The van der Waals surface area contributed by atoms with Crippen LogP contribution in [-0.4, -0.2) is 61.6 Å². The van der Waals surface area contributed by atoms with Crippen molar-refractivity contribution in [1.29, 1.82) is 0 Å². The Labute approximate surface area is 303 Å². The lowest BCUT2D eigenvalue weighted by molar-refractivity contribution is -0.151. The van der Waals surface area contributed by atoms with Crippen LogP contribution >= 0.6 is 0 Å². The second kappa shape index (κ2) is 18.2. The van der Waals surface area contributed by atoms with Gasteiger partial charge < -0.3 is 30.7 Å². The molecule has 0 aliphatic heterocycles. The van der Waals surface area contributed by atoms with Crippen LogP contribution < -0.4 is 21.3 Å². The van der Waals surface area contributed by atoms with Crippen molar-refractivity contribution in [2.45, 2.75) is 110 Å². The zero-order chi connectivity index (χ0) is 36.4. The molecule has 4 amide bonds.